The van der Waals surface area contributed by atoms with E-state index < -0.39 is 0 Å². The third kappa shape index (κ3) is 5.78. The van der Waals surface area contributed by atoms with Gasteiger partial charge in [-0.15, -0.1) is 11.3 Å². The highest BCUT2D eigenvalue weighted by atomic mass is 32.1. The molecule has 1 aromatic heterocycles. The van der Waals surface area contributed by atoms with Crippen molar-refractivity contribution >= 4 is 78.0 Å². The highest BCUT2D eigenvalue weighted by molar-refractivity contribution is 7.33. The van der Waals surface area contributed by atoms with E-state index >= 15 is 0 Å². The molecule has 58 heavy (non-hydrogen) atoms. The Hall–Kier alpha value is -5.46. The van der Waals surface area contributed by atoms with E-state index in [1.807, 2.05) is 11.3 Å². The van der Waals surface area contributed by atoms with Gasteiger partial charge in [0.25, 0.3) is 6.71 Å². The molecule has 0 unspecified atom stereocenters. The highest BCUT2D eigenvalue weighted by Gasteiger charge is 2.47. The number of rotatable bonds is 3. The maximum Gasteiger partial charge on any atom is 0.264 e. The molecule has 0 N–H and O–H groups in total. The largest absolute Gasteiger partial charge is 0.490 e. The summed E-state index contributed by atoms with van der Waals surface area (Å²) in [6.45, 7) is 22.0. The summed E-state index contributed by atoms with van der Waals surface area (Å²) in [5, 5.41) is 1.29. The maximum absolute atomic E-state index is 6.51. The first-order valence-electron chi connectivity index (χ1n) is 20.8. The average molecular weight is 779 g/mol. The van der Waals surface area contributed by atoms with Crippen LogP contribution in [0, 0.1) is 20.8 Å². The van der Waals surface area contributed by atoms with Crippen LogP contribution in [0.25, 0.3) is 21.2 Å². The first-order chi connectivity index (χ1) is 27.8. The van der Waals surface area contributed by atoms with Crippen molar-refractivity contribution < 1.29 is 9.47 Å². The maximum atomic E-state index is 6.51. The van der Waals surface area contributed by atoms with Crippen molar-refractivity contribution in [1.82, 2.24) is 0 Å². The van der Waals surface area contributed by atoms with Gasteiger partial charge in [-0.1, -0.05) is 108 Å². The van der Waals surface area contributed by atoms with E-state index in [-0.39, 0.29) is 17.5 Å². The molecule has 6 heteroatoms. The Labute approximate surface area is 348 Å². The number of benzene rings is 6. The van der Waals surface area contributed by atoms with Gasteiger partial charge in [-0.05, 0) is 112 Å². The minimum absolute atomic E-state index is 0.0128. The van der Waals surface area contributed by atoms with Gasteiger partial charge in [-0.3, -0.25) is 0 Å². The fourth-order valence-corrected chi connectivity index (χ4v) is 10.8. The molecule has 6 aromatic carbocycles. The van der Waals surface area contributed by atoms with Crippen molar-refractivity contribution in [3.8, 4) is 22.6 Å². The smallest absolute Gasteiger partial charge is 0.264 e. The van der Waals surface area contributed by atoms with Crippen molar-refractivity contribution in [3.63, 3.8) is 0 Å². The van der Waals surface area contributed by atoms with Gasteiger partial charge in [-0.2, -0.15) is 0 Å². The fraction of sp³-hybridized carbons (Fsp3) is 0.269. The second kappa shape index (κ2) is 13.3. The lowest BCUT2D eigenvalue weighted by Crippen LogP contribution is -2.60. The van der Waals surface area contributed by atoms with E-state index in [1.54, 1.807) is 0 Å². The number of nitrogens with zero attached hydrogens (tertiary/aromatic N) is 2. The van der Waals surface area contributed by atoms with Crippen LogP contribution in [0.2, 0.25) is 0 Å². The number of hydrogen-bond acceptors (Lipinski definition) is 5. The van der Waals surface area contributed by atoms with Gasteiger partial charge in [0.2, 0.25) is 0 Å². The number of fused-ring (bicyclic) bond motifs is 7. The van der Waals surface area contributed by atoms with E-state index in [0.717, 1.165) is 29.3 Å². The van der Waals surface area contributed by atoms with Crippen LogP contribution in [-0.2, 0) is 10.8 Å². The first kappa shape index (κ1) is 36.9. The average Bonchev–Trinajstić information content (AvgIpc) is 3.41. The lowest BCUT2D eigenvalue weighted by Gasteiger charge is -2.44. The third-order valence-electron chi connectivity index (χ3n) is 12.4. The molecule has 0 bridgehead atoms. The zero-order chi connectivity index (χ0) is 40.2. The number of thiophene rings is 1. The summed E-state index contributed by atoms with van der Waals surface area (Å²) in [6.07, 6.45) is 0.852. The van der Waals surface area contributed by atoms with Crippen molar-refractivity contribution in [1.29, 1.82) is 0 Å². The number of aryl methyl sites for hydroxylation is 3. The molecule has 0 radical (unpaired) electrons. The predicted octanol–water partition coefficient (Wildman–Crippen LogP) is 12.3. The molecule has 10 rings (SSSR count). The molecule has 3 aliphatic rings. The summed E-state index contributed by atoms with van der Waals surface area (Å²) < 4.78 is 15.7. The quantitative estimate of drug-likeness (QED) is 0.167. The molecule has 0 saturated heterocycles. The van der Waals surface area contributed by atoms with Crippen LogP contribution in [0.5, 0.6) is 11.5 Å². The van der Waals surface area contributed by atoms with E-state index in [0.29, 0.717) is 13.2 Å². The standard InChI is InChI=1S/C52H51BN2O2S/c1-31-24-42-47-43(25-31)55(48-32(2)26-36(27-33(48)3)52(7,8)9)49-37-18-13-14-19-46(37)58-50(49)53(47)39-29-44-45(57-23-15-22-56-44)30-41(39)54(42)40-21-20-35(51(4,5)6)28-38(40)34-16-11-10-12-17-34/h10-14,16-21,24-30H,15,22-23H2,1-9H3. The van der Waals surface area contributed by atoms with Crippen LogP contribution in [0.15, 0.2) is 109 Å². The zero-order valence-corrected chi connectivity index (χ0v) is 36.0. The van der Waals surface area contributed by atoms with E-state index in [9.17, 15) is 0 Å². The monoisotopic (exact) mass is 778 g/mol. The molecule has 4 nitrogen and oxygen atoms in total. The fourth-order valence-electron chi connectivity index (χ4n) is 9.50. The SMILES string of the molecule is Cc1cc2c3c(c1)N(c1c(C)cc(C(C)(C)C)cc1C)c1c(sc4ccccc14)B3c1cc3c(cc1N2c1ccc(C(C)(C)C)cc1-c1ccccc1)OCCCO3. The van der Waals surface area contributed by atoms with E-state index in [2.05, 4.69) is 181 Å². The summed E-state index contributed by atoms with van der Waals surface area (Å²) >= 11 is 1.93. The van der Waals surface area contributed by atoms with Crippen molar-refractivity contribution in [3.05, 3.63) is 137 Å². The molecular weight excluding hydrogens is 727 g/mol. The van der Waals surface area contributed by atoms with Gasteiger partial charge in [-0.25, -0.2) is 0 Å². The molecule has 0 fully saturated rings. The van der Waals surface area contributed by atoms with Gasteiger partial charge in [0.05, 0.1) is 30.3 Å². The van der Waals surface area contributed by atoms with Crippen LogP contribution < -0.4 is 35.0 Å². The Morgan fingerprint density at radius 2 is 1.22 bits per heavy atom. The van der Waals surface area contributed by atoms with Crippen molar-refractivity contribution in [2.45, 2.75) is 79.6 Å². The Morgan fingerprint density at radius 3 is 1.91 bits per heavy atom. The summed E-state index contributed by atoms with van der Waals surface area (Å²) in [6, 6.07) is 41.3. The van der Waals surface area contributed by atoms with E-state index in [1.165, 1.54) is 87.5 Å². The van der Waals surface area contributed by atoms with Crippen molar-refractivity contribution in [2.75, 3.05) is 23.0 Å². The highest BCUT2D eigenvalue weighted by Crippen LogP contribution is 2.52. The molecular formula is C52H51BN2O2S. The Kier molecular flexibility index (Phi) is 8.44. The Balaban J connectivity index is 1.33. The second-order valence-corrected chi connectivity index (χ2v) is 19.7. The van der Waals surface area contributed by atoms with Crippen LogP contribution >= 0.6 is 11.3 Å². The minimum atomic E-state index is -0.0195. The minimum Gasteiger partial charge on any atom is -0.490 e. The molecule has 4 heterocycles. The lowest BCUT2D eigenvalue weighted by molar-refractivity contribution is 0.297. The summed E-state index contributed by atoms with van der Waals surface area (Å²) in [7, 11) is 0. The Bertz CT molecular complexity index is 2770. The van der Waals surface area contributed by atoms with E-state index in [4.69, 9.17) is 9.47 Å². The van der Waals surface area contributed by atoms with Crippen LogP contribution in [0.3, 0.4) is 0 Å². The van der Waals surface area contributed by atoms with Crippen LogP contribution in [-0.4, -0.2) is 19.9 Å². The van der Waals surface area contributed by atoms with Gasteiger partial charge in [0, 0.05) is 50.0 Å². The topological polar surface area (TPSA) is 24.9 Å². The van der Waals surface area contributed by atoms with Gasteiger partial charge >= 0.3 is 0 Å². The molecule has 290 valence electrons. The summed E-state index contributed by atoms with van der Waals surface area (Å²) in [4.78, 5) is 5.17. The van der Waals surface area contributed by atoms with Crippen LogP contribution in [0.1, 0.15) is 75.8 Å². The summed E-state index contributed by atoms with van der Waals surface area (Å²) in [5.74, 6) is 1.64. The third-order valence-corrected chi connectivity index (χ3v) is 13.6. The molecule has 0 spiro atoms. The van der Waals surface area contributed by atoms with Crippen molar-refractivity contribution in [2.24, 2.45) is 0 Å². The molecule has 0 amide bonds. The molecule has 0 atom stereocenters. The summed E-state index contributed by atoms with van der Waals surface area (Å²) in [5.41, 5.74) is 18.7. The number of anilines is 6. The molecule has 3 aliphatic heterocycles. The number of hydrogen-bond donors (Lipinski definition) is 0. The number of ether oxygens (including phenoxy) is 2. The molecule has 0 saturated carbocycles. The lowest BCUT2D eigenvalue weighted by atomic mass is 9.36. The van der Waals surface area contributed by atoms with Gasteiger partial charge in [0.15, 0.2) is 11.5 Å². The predicted molar refractivity (Wildman–Crippen MR) is 249 cm³/mol. The van der Waals surface area contributed by atoms with Gasteiger partial charge < -0.3 is 19.3 Å². The Morgan fingerprint density at radius 1 is 0.586 bits per heavy atom. The molecule has 0 aliphatic carbocycles. The van der Waals surface area contributed by atoms with Crippen LogP contribution in [0.4, 0.5) is 34.1 Å². The van der Waals surface area contributed by atoms with Gasteiger partial charge in [0.1, 0.15) is 0 Å². The normalized spacial score (nSPS) is 14.6. The second-order valence-electron chi connectivity index (χ2n) is 18.6. The zero-order valence-electron chi connectivity index (χ0n) is 35.2. The first-order valence-corrected chi connectivity index (χ1v) is 21.6. The molecule has 7 aromatic rings.